The molecule has 0 spiro atoms. The molecule has 3 N–H and O–H groups in total. The Morgan fingerprint density at radius 1 is 1.17 bits per heavy atom. The van der Waals surface area contributed by atoms with Gasteiger partial charge in [0.15, 0.2) is 6.17 Å². The molecule has 6 nitrogen and oxygen atoms in total. The number of amides is 2. The molecule has 2 aromatic carbocycles. The summed E-state index contributed by atoms with van der Waals surface area (Å²) in [6.45, 7) is -0.464. The molecule has 2 aromatic rings. The maximum Gasteiger partial charge on any atom is 0.422 e. The fourth-order valence-corrected chi connectivity index (χ4v) is 3.86. The highest BCUT2D eigenvalue weighted by molar-refractivity contribution is 6.32. The molecule has 30 heavy (non-hydrogen) atoms. The van der Waals surface area contributed by atoms with Crippen molar-refractivity contribution in [2.24, 2.45) is 5.92 Å². The number of alkyl halides is 3. The molecule has 4 rings (SSSR count). The van der Waals surface area contributed by atoms with Crippen molar-refractivity contribution in [3.05, 3.63) is 57.6 Å². The van der Waals surface area contributed by atoms with E-state index in [0.29, 0.717) is 32.7 Å². The first kappa shape index (κ1) is 20.8. The molecule has 0 radical (unpaired) electrons. The molecule has 158 valence electrons. The third-order valence-electron chi connectivity index (χ3n) is 4.87. The van der Waals surface area contributed by atoms with E-state index < -0.39 is 42.7 Å². The fraction of sp³-hybridized carbons (Fsp3) is 0.263. The zero-order chi connectivity index (χ0) is 21.6. The molecule has 3 unspecified atom stereocenters. The Balaban J connectivity index is 1.62. The van der Waals surface area contributed by atoms with Gasteiger partial charge in [-0.05, 0) is 24.3 Å². The van der Waals surface area contributed by atoms with E-state index in [1.807, 2.05) is 0 Å². The lowest BCUT2D eigenvalue weighted by Crippen LogP contribution is -2.64. The molecule has 3 atom stereocenters. The second kappa shape index (κ2) is 7.64. The van der Waals surface area contributed by atoms with Crippen molar-refractivity contribution in [1.82, 2.24) is 16.0 Å². The predicted molar refractivity (Wildman–Crippen MR) is 102 cm³/mol. The molecular weight excluding hydrogens is 446 g/mol. The van der Waals surface area contributed by atoms with E-state index >= 15 is 0 Å². The van der Waals surface area contributed by atoms with Gasteiger partial charge in [-0.3, -0.25) is 14.9 Å². The SMILES string of the molecule is O=C(NC1c2ccc(Cl)cc2Oc2cccc(Cl)c21)C1CNC(C(F)(F)F)NC1=O. The Labute approximate surface area is 178 Å². The Morgan fingerprint density at radius 3 is 2.63 bits per heavy atom. The zero-order valence-electron chi connectivity index (χ0n) is 15.0. The van der Waals surface area contributed by atoms with E-state index in [1.54, 1.807) is 41.7 Å². The molecule has 0 saturated carbocycles. The van der Waals surface area contributed by atoms with Gasteiger partial charge in [0, 0.05) is 27.7 Å². The van der Waals surface area contributed by atoms with Gasteiger partial charge < -0.3 is 15.4 Å². The predicted octanol–water partition coefficient (Wildman–Crippen LogP) is 3.53. The normalized spacial score (nSPS) is 23.0. The number of ether oxygens (including phenoxy) is 1. The van der Waals surface area contributed by atoms with Crippen LogP contribution in [0.15, 0.2) is 36.4 Å². The Hall–Kier alpha value is -2.49. The lowest BCUT2D eigenvalue weighted by atomic mass is 9.93. The number of fused-ring (bicyclic) bond motifs is 2. The number of rotatable bonds is 2. The minimum Gasteiger partial charge on any atom is -0.456 e. The van der Waals surface area contributed by atoms with Crippen molar-refractivity contribution in [2.45, 2.75) is 18.4 Å². The summed E-state index contributed by atoms with van der Waals surface area (Å²) in [6.07, 6.45) is -6.86. The first-order chi connectivity index (χ1) is 14.1. The van der Waals surface area contributed by atoms with Crippen LogP contribution in [0, 0.1) is 5.92 Å². The molecule has 0 bridgehead atoms. The van der Waals surface area contributed by atoms with Gasteiger partial charge in [0.1, 0.15) is 17.4 Å². The van der Waals surface area contributed by atoms with Crippen molar-refractivity contribution >= 4 is 35.0 Å². The Kier molecular flexibility index (Phi) is 5.29. The van der Waals surface area contributed by atoms with Crippen LogP contribution in [0.3, 0.4) is 0 Å². The molecule has 1 fully saturated rings. The maximum absolute atomic E-state index is 12.8. The van der Waals surface area contributed by atoms with Crippen molar-refractivity contribution < 1.29 is 27.5 Å². The topological polar surface area (TPSA) is 79.5 Å². The van der Waals surface area contributed by atoms with E-state index in [9.17, 15) is 22.8 Å². The summed E-state index contributed by atoms with van der Waals surface area (Å²) in [4.78, 5) is 25.0. The molecule has 2 aliphatic rings. The van der Waals surface area contributed by atoms with E-state index in [4.69, 9.17) is 27.9 Å². The largest absolute Gasteiger partial charge is 0.456 e. The maximum atomic E-state index is 12.8. The van der Waals surface area contributed by atoms with Crippen LogP contribution in [0.2, 0.25) is 10.0 Å². The molecule has 0 aliphatic carbocycles. The third kappa shape index (κ3) is 3.80. The molecule has 2 heterocycles. The van der Waals surface area contributed by atoms with Crippen LogP contribution in [0.25, 0.3) is 0 Å². The monoisotopic (exact) mass is 459 g/mol. The van der Waals surface area contributed by atoms with Gasteiger partial charge in [-0.2, -0.15) is 13.2 Å². The highest BCUT2D eigenvalue weighted by Gasteiger charge is 2.46. The number of halogens is 5. The Morgan fingerprint density at radius 2 is 1.93 bits per heavy atom. The number of benzene rings is 2. The standard InChI is InChI=1S/C19H14Cl2F3N3O3/c20-8-4-5-9-13(6-8)30-12-3-1-2-11(21)14(12)15(9)26-16(28)10-7-25-18(19(22,23)24)27-17(10)29/h1-6,10,15,18,25H,7H2,(H,26,28)(H,27,29). The first-order valence-corrected chi connectivity index (χ1v) is 9.57. The van der Waals surface area contributed by atoms with Gasteiger partial charge in [0.05, 0.1) is 6.04 Å². The van der Waals surface area contributed by atoms with E-state index in [1.165, 1.54) is 0 Å². The average molecular weight is 460 g/mol. The zero-order valence-corrected chi connectivity index (χ0v) is 16.5. The minimum absolute atomic E-state index is 0.321. The van der Waals surface area contributed by atoms with Gasteiger partial charge in [-0.15, -0.1) is 0 Å². The van der Waals surface area contributed by atoms with Crippen LogP contribution in [0.4, 0.5) is 13.2 Å². The molecule has 11 heteroatoms. The quantitative estimate of drug-likeness (QED) is 0.600. The fourth-order valence-electron chi connectivity index (χ4n) is 3.42. The summed E-state index contributed by atoms with van der Waals surface area (Å²) < 4.78 is 44.3. The average Bonchev–Trinajstić information content (AvgIpc) is 2.66. The van der Waals surface area contributed by atoms with Crippen LogP contribution < -0.4 is 20.7 Å². The van der Waals surface area contributed by atoms with Gasteiger partial charge in [-0.1, -0.05) is 35.3 Å². The van der Waals surface area contributed by atoms with E-state index in [0.717, 1.165) is 0 Å². The van der Waals surface area contributed by atoms with Gasteiger partial charge in [-0.25, -0.2) is 0 Å². The second-order valence-corrected chi connectivity index (χ2v) is 7.67. The summed E-state index contributed by atoms with van der Waals surface area (Å²) in [5, 5.41) is 7.36. The lowest BCUT2D eigenvalue weighted by molar-refractivity contribution is -0.175. The number of carbonyl (C=O) groups excluding carboxylic acids is 2. The smallest absolute Gasteiger partial charge is 0.422 e. The highest BCUT2D eigenvalue weighted by Crippen LogP contribution is 2.46. The highest BCUT2D eigenvalue weighted by atomic mass is 35.5. The van der Waals surface area contributed by atoms with Crippen LogP contribution in [-0.4, -0.2) is 30.7 Å². The first-order valence-electron chi connectivity index (χ1n) is 8.81. The van der Waals surface area contributed by atoms with Crippen molar-refractivity contribution in [1.29, 1.82) is 0 Å². The molecule has 1 saturated heterocycles. The molecule has 2 aliphatic heterocycles. The van der Waals surface area contributed by atoms with E-state index in [-0.39, 0.29) is 0 Å². The van der Waals surface area contributed by atoms with Crippen molar-refractivity contribution in [3.8, 4) is 11.5 Å². The van der Waals surface area contributed by atoms with Gasteiger partial charge in [0.2, 0.25) is 11.8 Å². The number of hydrogen-bond donors (Lipinski definition) is 3. The summed E-state index contributed by atoms with van der Waals surface area (Å²) in [5.41, 5.74) is 1.02. The molecular formula is C19H14Cl2F3N3O3. The minimum atomic E-state index is -4.66. The van der Waals surface area contributed by atoms with Crippen LogP contribution in [0.5, 0.6) is 11.5 Å². The van der Waals surface area contributed by atoms with Crippen LogP contribution in [0.1, 0.15) is 17.2 Å². The summed E-state index contributed by atoms with van der Waals surface area (Å²) in [7, 11) is 0. The number of hydrogen-bond acceptors (Lipinski definition) is 4. The summed E-state index contributed by atoms with van der Waals surface area (Å²) in [5.74, 6) is -2.33. The number of carbonyl (C=O) groups is 2. The lowest BCUT2D eigenvalue weighted by Gasteiger charge is -2.33. The Bertz CT molecular complexity index is 1030. The molecule has 2 amide bonds. The summed E-state index contributed by atoms with van der Waals surface area (Å²) >= 11 is 12.4. The van der Waals surface area contributed by atoms with Crippen LogP contribution >= 0.6 is 23.2 Å². The second-order valence-electron chi connectivity index (χ2n) is 6.82. The van der Waals surface area contributed by atoms with Gasteiger partial charge >= 0.3 is 6.18 Å². The number of nitrogens with one attached hydrogen (secondary N) is 3. The van der Waals surface area contributed by atoms with Crippen LogP contribution in [-0.2, 0) is 9.59 Å². The third-order valence-corrected chi connectivity index (χ3v) is 5.43. The van der Waals surface area contributed by atoms with E-state index in [2.05, 4.69) is 10.6 Å². The van der Waals surface area contributed by atoms with Gasteiger partial charge in [0.25, 0.3) is 0 Å². The van der Waals surface area contributed by atoms with Crippen molar-refractivity contribution in [2.75, 3.05) is 6.54 Å². The van der Waals surface area contributed by atoms with Crippen molar-refractivity contribution in [3.63, 3.8) is 0 Å². The molecule has 0 aromatic heterocycles. The summed E-state index contributed by atoms with van der Waals surface area (Å²) in [6, 6.07) is 8.99.